The van der Waals surface area contributed by atoms with Gasteiger partial charge in [0.1, 0.15) is 0 Å². The smallest absolute Gasteiger partial charge is 0.335 e. The molecule has 6 heteroatoms. The minimum absolute atomic E-state index is 0.0944. The normalized spacial score (nSPS) is 12.9. The van der Waals surface area contributed by atoms with E-state index in [0.717, 1.165) is 6.07 Å². The van der Waals surface area contributed by atoms with Crippen molar-refractivity contribution in [2.75, 3.05) is 5.32 Å². The van der Waals surface area contributed by atoms with Crippen LogP contribution in [0.4, 0.5) is 23.7 Å². The van der Waals surface area contributed by atoms with Crippen molar-refractivity contribution >= 4 is 11.7 Å². The number of nitrogens with one attached hydrogen (secondary N) is 2. The van der Waals surface area contributed by atoms with Crippen LogP contribution in [0.15, 0.2) is 24.3 Å². The Kier molecular flexibility index (Phi) is 4.58. The maximum Gasteiger partial charge on any atom is 0.418 e. The van der Waals surface area contributed by atoms with Crippen molar-refractivity contribution < 1.29 is 18.0 Å². The van der Waals surface area contributed by atoms with Crippen LogP contribution in [0.1, 0.15) is 25.8 Å². The van der Waals surface area contributed by atoms with Crippen molar-refractivity contribution in [3.8, 4) is 0 Å². The Morgan fingerprint density at radius 1 is 1.33 bits per heavy atom. The molecule has 1 atom stereocenters. The van der Waals surface area contributed by atoms with Crippen molar-refractivity contribution in [1.29, 1.82) is 0 Å². The molecule has 0 bridgehead atoms. The van der Waals surface area contributed by atoms with Crippen molar-refractivity contribution in [1.82, 2.24) is 5.32 Å². The Balaban J connectivity index is 2.82. The molecule has 0 aliphatic heterocycles. The quantitative estimate of drug-likeness (QED) is 0.856. The highest BCUT2D eigenvalue weighted by Crippen LogP contribution is 2.34. The first-order chi connectivity index (χ1) is 8.34. The van der Waals surface area contributed by atoms with Crippen LogP contribution in [0.5, 0.6) is 0 Å². The molecule has 0 aliphatic carbocycles. The van der Waals surface area contributed by atoms with Crippen LogP contribution in [0, 0.1) is 0 Å². The number of carbonyl (C=O) groups excluding carboxylic acids is 1. The molecule has 18 heavy (non-hydrogen) atoms. The van der Waals surface area contributed by atoms with E-state index in [1.807, 2.05) is 6.92 Å². The van der Waals surface area contributed by atoms with Crippen LogP contribution in [0.2, 0.25) is 0 Å². The van der Waals surface area contributed by atoms with Gasteiger partial charge in [0.05, 0.1) is 11.3 Å². The number of halogens is 3. The molecule has 1 aromatic rings. The molecule has 100 valence electrons. The molecule has 3 nitrogen and oxygen atoms in total. The molecule has 0 aromatic heterocycles. The lowest BCUT2D eigenvalue weighted by atomic mass is 10.1. The average molecular weight is 260 g/mol. The van der Waals surface area contributed by atoms with E-state index in [0.29, 0.717) is 6.42 Å². The van der Waals surface area contributed by atoms with Gasteiger partial charge in [-0.05, 0) is 25.5 Å². The minimum Gasteiger partial charge on any atom is -0.335 e. The zero-order valence-electron chi connectivity index (χ0n) is 10.1. The molecule has 1 aromatic carbocycles. The highest BCUT2D eigenvalue weighted by atomic mass is 19.4. The van der Waals surface area contributed by atoms with Crippen molar-refractivity contribution in [3.05, 3.63) is 29.8 Å². The Morgan fingerprint density at radius 2 is 1.94 bits per heavy atom. The summed E-state index contributed by atoms with van der Waals surface area (Å²) in [6.07, 6.45) is -3.78. The summed E-state index contributed by atoms with van der Waals surface area (Å²) in [6, 6.07) is 4.14. The second-order valence-corrected chi connectivity index (χ2v) is 3.95. The molecule has 0 unspecified atom stereocenters. The SMILES string of the molecule is CC[C@H](C)NC(=O)Nc1ccccc1C(F)(F)F. The van der Waals surface area contributed by atoms with Gasteiger partial charge in [-0.25, -0.2) is 4.79 Å². The molecule has 0 saturated carbocycles. The average Bonchev–Trinajstić information content (AvgIpc) is 2.27. The number of alkyl halides is 3. The van der Waals surface area contributed by atoms with Crippen LogP contribution < -0.4 is 10.6 Å². The molecule has 0 saturated heterocycles. The van der Waals surface area contributed by atoms with Gasteiger partial charge >= 0.3 is 12.2 Å². The highest BCUT2D eigenvalue weighted by molar-refractivity contribution is 5.90. The van der Waals surface area contributed by atoms with E-state index in [1.165, 1.54) is 18.2 Å². The summed E-state index contributed by atoms with van der Waals surface area (Å²) in [6.45, 7) is 3.64. The van der Waals surface area contributed by atoms with Crippen molar-refractivity contribution in [2.45, 2.75) is 32.5 Å². The number of benzene rings is 1. The maximum atomic E-state index is 12.7. The van der Waals surface area contributed by atoms with E-state index in [1.54, 1.807) is 6.92 Å². The van der Waals surface area contributed by atoms with Gasteiger partial charge in [0, 0.05) is 6.04 Å². The van der Waals surface area contributed by atoms with Crippen LogP contribution in [0.3, 0.4) is 0 Å². The number of hydrogen-bond donors (Lipinski definition) is 2. The molecule has 0 heterocycles. The van der Waals surface area contributed by atoms with E-state index in [-0.39, 0.29) is 11.7 Å². The molecule has 0 aliphatic rings. The lowest BCUT2D eigenvalue weighted by Crippen LogP contribution is -2.36. The zero-order chi connectivity index (χ0) is 13.8. The number of rotatable bonds is 3. The lowest BCUT2D eigenvalue weighted by molar-refractivity contribution is -0.136. The third-order valence-corrected chi connectivity index (χ3v) is 2.47. The topological polar surface area (TPSA) is 41.1 Å². The Morgan fingerprint density at radius 3 is 2.50 bits per heavy atom. The van der Waals surface area contributed by atoms with Gasteiger partial charge in [-0.2, -0.15) is 13.2 Å². The van der Waals surface area contributed by atoms with Crippen molar-refractivity contribution in [3.63, 3.8) is 0 Å². The lowest BCUT2D eigenvalue weighted by Gasteiger charge is -2.16. The largest absolute Gasteiger partial charge is 0.418 e. The Labute approximate surface area is 103 Å². The molecule has 2 amide bonds. The van der Waals surface area contributed by atoms with Crippen LogP contribution >= 0.6 is 0 Å². The first kappa shape index (κ1) is 14.3. The van der Waals surface area contributed by atoms with Gasteiger partial charge in [-0.15, -0.1) is 0 Å². The number of hydrogen-bond acceptors (Lipinski definition) is 1. The van der Waals surface area contributed by atoms with Crippen LogP contribution in [0.25, 0.3) is 0 Å². The number of carbonyl (C=O) groups is 1. The third-order valence-electron chi connectivity index (χ3n) is 2.47. The molecule has 0 spiro atoms. The first-order valence-electron chi connectivity index (χ1n) is 5.58. The maximum absolute atomic E-state index is 12.7. The molecular weight excluding hydrogens is 245 g/mol. The summed E-state index contributed by atoms with van der Waals surface area (Å²) < 4.78 is 38.0. The fraction of sp³-hybridized carbons (Fsp3) is 0.417. The van der Waals surface area contributed by atoms with Gasteiger partial charge in [-0.1, -0.05) is 19.1 Å². The van der Waals surface area contributed by atoms with E-state index in [9.17, 15) is 18.0 Å². The van der Waals surface area contributed by atoms with E-state index >= 15 is 0 Å². The van der Waals surface area contributed by atoms with E-state index < -0.39 is 17.8 Å². The van der Waals surface area contributed by atoms with Gasteiger partial charge in [0.2, 0.25) is 0 Å². The fourth-order valence-corrected chi connectivity index (χ4v) is 1.32. The van der Waals surface area contributed by atoms with Crippen LogP contribution in [-0.4, -0.2) is 12.1 Å². The van der Waals surface area contributed by atoms with E-state index in [2.05, 4.69) is 10.6 Å². The summed E-state index contributed by atoms with van der Waals surface area (Å²) in [7, 11) is 0. The molecular formula is C12H15F3N2O. The predicted molar refractivity (Wildman–Crippen MR) is 63.4 cm³/mol. The molecule has 0 radical (unpaired) electrons. The number of urea groups is 1. The Bertz CT molecular complexity index is 418. The van der Waals surface area contributed by atoms with E-state index in [4.69, 9.17) is 0 Å². The molecule has 1 rings (SSSR count). The summed E-state index contributed by atoms with van der Waals surface area (Å²) >= 11 is 0. The summed E-state index contributed by atoms with van der Waals surface area (Å²) in [5, 5.41) is 4.75. The summed E-state index contributed by atoms with van der Waals surface area (Å²) in [5.41, 5.74) is -1.10. The summed E-state index contributed by atoms with van der Waals surface area (Å²) in [4.78, 5) is 11.5. The number of anilines is 1. The standard InChI is InChI=1S/C12H15F3N2O/c1-3-8(2)16-11(18)17-10-7-5-4-6-9(10)12(13,14)15/h4-8H,3H2,1-2H3,(H2,16,17,18)/t8-/m0/s1. The molecule has 0 fully saturated rings. The minimum atomic E-state index is -4.49. The monoisotopic (exact) mass is 260 g/mol. The van der Waals surface area contributed by atoms with Gasteiger partial charge < -0.3 is 10.6 Å². The third kappa shape index (κ3) is 3.94. The van der Waals surface area contributed by atoms with Crippen LogP contribution in [-0.2, 0) is 6.18 Å². The number of amides is 2. The second kappa shape index (κ2) is 5.75. The van der Waals surface area contributed by atoms with Gasteiger partial charge in [0.25, 0.3) is 0 Å². The highest BCUT2D eigenvalue weighted by Gasteiger charge is 2.33. The van der Waals surface area contributed by atoms with Gasteiger partial charge in [0.15, 0.2) is 0 Å². The predicted octanol–water partition coefficient (Wildman–Crippen LogP) is 3.63. The summed E-state index contributed by atoms with van der Waals surface area (Å²) in [5.74, 6) is 0. The number of para-hydroxylation sites is 1. The van der Waals surface area contributed by atoms with Gasteiger partial charge in [-0.3, -0.25) is 0 Å². The first-order valence-corrected chi connectivity index (χ1v) is 5.58. The zero-order valence-corrected chi connectivity index (χ0v) is 10.1. The fourth-order valence-electron chi connectivity index (χ4n) is 1.32. The molecule has 2 N–H and O–H groups in total. The Hall–Kier alpha value is -1.72. The van der Waals surface area contributed by atoms with Crippen molar-refractivity contribution in [2.24, 2.45) is 0 Å². The second-order valence-electron chi connectivity index (χ2n) is 3.95.